The highest BCUT2D eigenvalue weighted by molar-refractivity contribution is 6.28. The van der Waals surface area contributed by atoms with Gasteiger partial charge in [0.05, 0.1) is 5.52 Å². The van der Waals surface area contributed by atoms with Crippen molar-refractivity contribution in [3.05, 3.63) is 64.3 Å². The summed E-state index contributed by atoms with van der Waals surface area (Å²) < 4.78 is 1.81. The van der Waals surface area contributed by atoms with E-state index in [1.54, 1.807) is 24.5 Å². The van der Waals surface area contributed by atoms with Gasteiger partial charge in [-0.05, 0) is 29.8 Å². The second-order valence-corrected chi connectivity index (χ2v) is 4.09. The predicted molar refractivity (Wildman–Crippen MR) is 70.1 cm³/mol. The van der Waals surface area contributed by atoms with Gasteiger partial charge in [-0.2, -0.15) is 4.98 Å². The van der Waals surface area contributed by atoms with Gasteiger partial charge in [-0.15, -0.1) is 0 Å². The van der Waals surface area contributed by atoms with Crippen LogP contribution in [0.4, 0.5) is 0 Å². The molecule has 0 unspecified atom stereocenters. The number of para-hydroxylation sites is 1. The topological polar surface area (TPSA) is 47.8 Å². The lowest BCUT2D eigenvalue weighted by Gasteiger charge is -2.09. The van der Waals surface area contributed by atoms with Crippen LogP contribution in [0.5, 0.6) is 0 Å². The molecule has 1 aromatic carbocycles. The monoisotopic (exact) mass is 257 g/mol. The number of pyridine rings is 1. The Morgan fingerprint density at radius 1 is 1.11 bits per heavy atom. The molecule has 0 radical (unpaired) electrons. The number of aromatic nitrogens is 3. The molecule has 0 amide bonds. The molecule has 0 saturated heterocycles. The summed E-state index contributed by atoms with van der Waals surface area (Å²) in [6.45, 7) is 0. The Morgan fingerprint density at radius 2 is 1.94 bits per heavy atom. The number of hydrogen-bond acceptors (Lipinski definition) is 3. The second kappa shape index (κ2) is 4.23. The Labute approximate surface area is 108 Å². The number of hydrogen-bond donors (Lipinski definition) is 0. The van der Waals surface area contributed by atoms with Gasteiger partial charge in [0.15, 0.2) is 5.43 Å². The molecular weight excluding hydrogens is 250 g/mol. The van der Waals surface area contributed by atoms with Crippen molar-refractivity contribution in [3.8, 4) is 5.82 Å². The van der Waals surface area contributed by atoms with Gasteiger partial charge >= 0.3 is 0 Å². The van der Waals surface area contributed by atoms with Gasteiger partial charge in [0.1, 0.15) is 5.82 Å². The van der Waals surface area contributed by atoms with Gasteiger partial charge in [-0.25, -0.2) is 4.98 Å². The molecule has 18 heavy (non-hydrogen) atoms. The molecule has 0 aliphatic heterocycles. The molecule has 0 saturated carbocycles. The first-order chi connectivity index (χ1) is 8.75. The van der Waals surface area contributed by atoms with Gasteiger partial charge in [0.2, 0.25) is 5.28 Å². The van der Waals surface area contributed by atoms with Crippen LogP contribution in [0.15, 0.2) is 53.6 Å². The van der Waals surface area contributed by atoms with Crippen molar-refractivity contribution in [1.82, 2.24) is 14.5 Å². The maximum absolute atomic E-state index is 11.8. The van der Waals surface area contributed by atoms with Crippen molar-refractivity contribution in [2.45, 2.75) is 0 Å². The standard InChI is InChI=1S/C13H8ClN3O/c14-13-15-7-5-12(16-13)17-8-6-11(18)9-3-1-2-4-10(9)17/h1-8H. The number of benzene rings is 1. The lowest BCUT2D eigenvalue weighted by molar-refractivity contribution is 0.998. The summed E-state index contributed by atoms with van der Waals surface area (Å²) in [5, 5.41) is 0.824. The molecule has 0 N–H and O–H groups in total. The summed E-state index contributed by atoms with van der Waals surface area (Å²) >= 11 is 5.78. The Balaban J connectivity index is 2.37. The first-order valence-corrected chi connectivity index (χ1v) is 5.73. The van der Waals surface area contributed by atoms with Crippen LogP contribution in [-0.2, 0) is 0 Å². The molecule has 0 fully saturated rings. The van der Waals surface area contributed by atoms with E-state index in [2.05, 4.69) is 9.97 Å². The Bertz CT molecular complexity index is 782. The maximum Gasteiger partial charge on any atom is 0.224 e. The summed E-state index contributed by atoms with van der Waals surface area (Å²) in [7, 11) is 0. The summed E-state index contributed by atoms with van der Waals surface area (Å²) in [6, 6.07) is 10.6. The van der Waals surface area contributed by atoms with Gasteiger partial charge < -0.3 is 4.57 Å². The van der Waals surface area contributed by atoms with E-state index < -0.39 is 0 Å². The fourth-order valence-corrected chi connectivity index (χ4v) is 2.01. The van der Waals surface area contributed by atoms with E-state index in [9.17, 15) is 4.79 Å². The first kappa shape index (κ1) is 10.9. The maximum atomic E-state index is 11.8. The van der Waals surface area contributed by atoms with Gasteiger partial charge in [0.25, 0.3) is 0 Å². The van der Waals surface area contributed by atoms with E-state index in [4.69, 9.17) is 11.6 Å². The molecule has 4 nitrogen and oxygen atoms in total. The molecule has 3 rings (SSSR count). The van der Waals surface area contributed by atoms with Crippen LogP contribution in [0.3, 0.4) is 0 Å². The number of nitrogens with zero attached hydrogens (tertiary/aromatic N) is 3. The number of rotatable bonds is 1. The molecular formula is C13H8ClN3O. The van der Waals surface area contributed by atoms with Crippen molar-refractivity contribution in [2.75, 3.05) is 0 Å². The highest BCUT2D eigenvalue weighted by Crippen LogP contribution is 2.14. The molecule has 88 valence electrons. The molecule has 2 heterocycles. The van der Waals surface area contributed by atoms with Crippen LogP contribution >= 0.6 is 11.6 Å². The van der Waals surface area contributed by atoms with Crippen molar-refractivity contribution < 1.29 is 0 Å². The van der Waals surface area contributed by atoms with E-state index in [1.807, 2.05) is 22.8 Å². The normalized spacial score (nSPS) is 10.7. The third-order valence-electron chi connectivity index (χ3n) is 2.66. The fraction of sp³-hybridized carbons (Fsp3) is 0. The Kier molecular flexibility index (Phi) is 2.57. The van der Waals surface area contributed by atoms with Crippen molar-refractivity contribution in [1.29, 1.82) is 0 Å². The van der Waals surface area contributed by atoms with Crippen LogP contribution in [0.25, 0.3) is 16.7 Å². The van der Waals surface area contributed by atoms with Crippen LogP contribution < -0.4 is 5.43 Å². The fourth-order valence-electron chi connectivity index (χ4n) is 1.86. The van der Waals surface area contributed by atoms with E-state index in [0.29, 0.717) is 11.2 Å². The highest BCUT2D eigenvalue weighted by Gasteiger charge is 2.05. The van der Waals surface area contributed by atoms with E-state index >= 15 is 0 Å². The summed E-state index contributed by atoms with van der Waals surface area (Å²) in [5.41, 5.74) is 0.779. The van der Waals surface area contributed by atoms with Crippen LogP contribution in [0, 0.1) is 0 Å². The van der Waals surface area contributed by atoms with E-state index in [0.717, 1.165) is 5.52 Å². The van der Waals surface area contributed by atoms with Crippen molar-refractivity contribution >= 4 is 22.5 Å². The molecule has 0 spiro atoms. The lowest BCUT2D eigenvalue weighted by atomic mass is 10.2. The summed E-state index contributed by atoms with van der Waals surface area (Å²) in [5.74, 6) is 0.631. The van der Waals surface area contributed by atoms with E-state index in [-0.39, 0.29) is 10.7 Å². The highest BCUT2D eigenvalue weighted by atomic mass is 35.5. The van der Waals surface area contributed by atoms with Crippen LogP contribution in [0.2, 0.25) is 5.28 Å². The smallest absolute Gasteiger partial charge is 0.224 e. The zero-order valence-electron chi connectivity index (χ0n) is 9.25. The minimum atomic E-state index is -0.0120. The molecule has 3 aromatic rings. The average molecular weight is 258 g/mol. The quantitative estimate of drug-likeness (QED) is 0.629. The molecule has 0 aliphatic rings. The Hall–Kier alpha value is -2.20. The molecule has 0 atom stereocenters. The zero-order valence-corrected chi connectivity index (χ0v) is 10.0. The van der Waals surface area contributed by atoms with Gasteiger partial charge in [0, 0.05) is 23.8 Å². The second-order valence-electron chi connectivity index (χ2n) is 3.75. The average Bonchev–Trinajstić information content (AvgIpc) is 2.39. The third kappa shape index (κ3) is 1.76. The number of fused-ring (bicyclic) bond motifs is 1. The van der Waals surface area contributed by atoms with Crippen molar-refractivity contribution in [3.63, 3.8) is 0 Å². The predicted octanol–water partition coefficient (Wildman–Crippen LogP) is 2.43. The largest absolute Gasteiger partial charge is 0.301 e. The van der Waals surface area contributed by atoms with E-state index in [1.165, 1.54) is 6.07 Å². The summed E-state index contributed by atoms with van der Waals surface area (Å²) in [6.07, 6.45) is 3.26. The minimum absolute atomic E-state index is 0.0120. The van der Waals surface area contributed by atoms with Gasteiger partial charge in [-0.1, -0.05) is 12.1 Å². The number of halogens is 1. The third-order valence-corrected chi connectivity index (χ3v) is 2.84. The van der Waals surface area contributed by atoms with Gasteiger partial charge in [-0.3, -0.25) is 4.79 Å². The zero-order chi connectivity index (χ0) is 12.5. The van der Waals surface area contributed by atoms with Crippen LogP contribution in [-0.4, -0.2) is 14.5 Å². The molecule has 0 aliphatic carbocycles. The Morgan fingerprint density at radius 3 is 2.78 bits per heavy atom. The first-order valence-electron chi connectivity index (χ1n) is 5.35. The molecule has 0 bridgehead atoms. The van der Waals surface area contributed by atoms with Crippen molar-refractivity contribution in [2.24, 2.45) is 0 Å². The SMILES string of the molecule is O=c1ccn(-c2ccnc(Cl)n2)c2ccccc12. The lowest BCUT2D eigenvalue weighted by Crippen LogP contribution is -2.07. The van der Waals surface area contributed by atoms with Crippen LogP contribution in [0.1, 0.15) is 0 Å². The molecule has 2 aromatic heterocycles. The summed E-state index contributed by atoms with van der Waals surface area (Å²) in [4.78, 5) is 19.7. The minimum Gasteiger partial charge on any atom is -0.301 e. The molecule has 5 heteroatoms.